The van der Waals surface area contributed by atoms with Crippen molar-refractivity contribution in [2.75, 3.05) is 12.8 Å². The third-order valence-electron chi connectivity index (χ3n) is 6.14. The molecule has 5 aromatic rings. The van der Waals surface area contributed by atoms with E-state index >= 15 is 0 Å². The number of aliphatic hydroxyl groups is 1. The number of fused-ring (bicyclic) bond motifs is 2. The number of ether oxygens (including phenoxy) is 1. The standard InChI is InChI=1S/C28H23N5O5S/c1-38-28-15-26(32-30-24-8-4-6-17-5-2-3-7-20(17)24)18(16-34)13-27(28)33-31-25-12-11-23(29)22-14-19(39(35,36)37)9-10-21(22)25/h2-15,34H,16,29H2,1H3,(H,35,36,37). The first kappa shape index (κ1) is 25.9. The average molecular weight is 542 g/mol. The fraction of sp³-hybridized carbons (Fsp3) is 0.0714. The van der Waals surface area contributed by atoms with E-state index in [4.69, 9.17) is 10.5 Å². The molecule has 0 amide bonds. The van der Waals surface area contributed by atoms with E-state index in [-0.39, 0.29) is 11.5 Å². The quantitative estimate of drug-likeness (QED) is 0.113. The fourth-order valence-corrected chi connectivity index (χ4v) is 4.66. The zero-order valence-electron chi connectivity index (χ0n) is 20.7. The molecule has 0 aliphatic heterocycles. The molecule has 0 atom stereocenters. The first-order valence-corrected chi connectivity index (χ1v) is 13.2. The molecule has 39 heavy (non-hydrogen) atoms. The van der Waals surface area contributed by atoms with Crippen LogP contribution in [0.5, 0.6) is 5.75 Å². The molecule has 196 valence electrons. The number of methoxy groups -OCH3 is 1. The molecule has 5 aromatic carbocycles. The second-order valence-corrected chi connectivity index (χ2v) is 9.99. The van der Waals surface area contributed by atoms with Crippen LogP contribution in [0.25, 0.3) is 21.5 Å². The van der Waals surface area contributed by atoms with Crippen LogP contribution in [0, 0.1) is 0 Å². The van der Waals surface area contributed by atoms with E-state index in [2.05, 4.69) is 20.5 Å². The summed E-state index contributed by atoms with van der Waals surface area (Å²) in [5, 5.41) is 30.4. The Kier molecular flexibility index (Phi) is 7.03. The summed E-state index contributed by atoms with van der Waals surface area (Å²) in [6, 6.07) is 24.1. The van der Waals surface area contributed by atoms with Gasteiger partial charge in [-0.25, -0.2) is 0 Å². The molecule has 0 saturated carbocycles. The van der Waals surface area contributed by atoms with Gasteiger partial charge in [0, 0.05) is 33.5 Å². The molecule has 0 fully saturated rings. The number of nitrogens with zero attached hydrogens (tertiary/aromatic N) is 4. The normalized spacial score (nSPS) is 12.2. The van der Waals surface area contributed by atoms with Crippen LogP contribution in [-0.4, -0.2) is 25.2 Å². The number of hydrogen-bond acceptors (Lipinski definition) is 9. The van der Waals surface area contributed by atoms with Gasteiger partial charge in [0.2, 0.25) is 0 Å². The van der Waals surface area contributed by atoms with E-state index in [1.165, 1.54) is 25.3 Å². The van der Waals surface area contributed by atoms with Crippen LogP contribution in [0.4, 0.5) is 28.4 Å². The molecule has 10 nitrogen and oxygen atoms in total. The molecule has 0 aliphatic carbocycles. The summed E-state index contributed by atoms with van der Waals surface area (Å²) in [7, 11) is -2.92. The molecule has 0 unspecified atom stereocenters. The highest BCUT2D eigenvalue weighted by molar-refractivity contribution is 7.85. The monoisotopic (exact) mass is 541 g/mol. The van der Waals surface area contributed by atoms with Crippen LogP contribution in [0.1, 0.15) is 5.56 Å². The first-order chi connectivity index (χ1) is 18.8. The van der Waals surface area contributed by atoms with E-state index in [0.29, 0.717) is 50.5 Å². The number of aliphatic hydroxyl groups excluding tert-OH is 1. The van der Waals surface area contributed by atoms with E-state index in [1.54, 1.807) is 24.3 Å². The average Bonchev–Trinajstić information content (AvgIpc) is 2.95. The van der Waals surface area contributed by atoms with E-state index in [9.17, 15) is 18.1 Å². The Bertz CT molecular complexity index is 1880. The van der Waals surface area contributed by atoms with Crippen molar-refractivity contribution in [2.45, 2.75) is 11.5 Å². The number of rotatable bonds is 7. The maximum absolute atomic E-state index is 11.6. The van der Waals surface area contributed by atoms with Crippen LogP contribution in [0.15, 0.2) is 110 Å². The van der Waals surface area contributed by atoms with E-state index in [0.717, 1.165) is 10.8 Å². The van der Waals surface area contributed by atoms with Gasteiger partial charge in [0.1, 0.15) is 11.4 Å². The van der Waals surface area contributed by atoms with Crippen LogP contribution in [-0.2, 0) is 16.7 Å². The second kappa shape index (κ2) is 10.6. The van der Waals surface area contributed by atoms with Gasteiger partial charge in [-0.1, -0.05) is 42.5 Å². The Morgan fingerprint density at radius 2 is 1.44 bits per heavy atom. The number of nitrogens with two attached hydrogens (primary N) is 1. The highest BCUT2D eigenvalue weighted by Crippen LogP contribution is 2.39. The summed E-state index contributed by atoms with van der Waals surface area (Å²) in [4.78, 5) is -0.279. The molecule has 0 aliphatic rings. The van der Waals surface area contributed by atoms with Crippen LogP contribution in [0.2, 0.25) is 0 Å². The van der Waals surface area contributed by atoms with Crippen molar-refractivity contribution in [3.05, 3.63) is 90.5 Å². The zero-order valence-corrected chi connectivity index (χ0v) is 21.5. The molecule has 0 aromatic heterocycles. The van der Waals surface area contributed by atoms with Crippen molar-refractivity contribution in [3.8, 4) is 5.75 Å². The summed E-state index contributed by atoms with van der Waals surface area (Å²) in [6.07, 6.45) is 0. The molecule has 0 radical (unpaired) electrons. The third kappa shape index (κ3) is 5.32. The Morgan fingerprint density at radius 3 is 2.18 bits per heavy atom. The molecule has 0 heterocycles. The lowest BCUT2D eigenvalue weighted by Crippen LogP contribution is -1.98. The van der Waals surface area contributed by atoms with Crippen molar-refractivity contribution >= 4 is 60.1 Å². The van der Waals surface area contributed by atoms with Gasteiger partial charge < -0.3 is 15.6 Å². The molecular weight excluding hydrogens is 518 g/mol. The van der Waals surface area contributed by atoms with Crippen molar-refractivity contribution in [1.82, 2.24) is 0 Å². The topological polar surface area (TPSA) is 159 Å². The highest BCUT2D eigenvalue weighted by atomic mass is 32.2. The number of azo groups is 2. The lowest BCUT2D eigenvalue weighted by atomic mass is 10.1. The minimum Gasteiger partial charge on any atom is -0.494 e. The Morgan fingerprint density at radius 1 is 0.744 bits per heavy atom. The maximum Gasteiger partial charge on any atom is 0.294 e. The van der Waals surface area contributed by atoms with Gasteiger partial charge in [-0.05, 0) is 41.8 Å². The van der Waals surface area contributed by atoms with Gasteiger partial charge in [-0.2, -0.15) is 13.5 Å². The van der Waals surface area contributed by atoms with Gasteiger partial charge in [0.25, 0.3) is 10.1 Å². The number of nitrogen functional groups attached to an aromatic ring is 1. The molecule has 0 spiro atoms. The molecule has 5 rings (SSSR count). The molecular formula is C28H23N5O5S. The van der Waals surface area contributed by atoms with Crippen LogP contribution >= 0.6 is 0 Å². The highest BCUT2D eigenvalue weighted by Gasteiger charge is 2.14. The lowest BCUT2D eigenvalue weighted by molar-refractivity contribution is 0.282. The SMILES string of the molecule is COc1cc(N=Nc2cccc3ccccc23)c(CO)cc1N=Nc1ccc(N)c2cc(S(=O)(=O)O)ccc12. The fourth-order valence-electron chi connectivity index (χ4n) is 4.15. The maximum atomic E-state index is 11.6. The predicted octanol–water partition coefficient (Wildman–Crippen LogP) is 7.15. The summed E-state index contributed by atoms with van der Waals surface area (Å²) >= 11 is 0. The second-order valence-electron chi connectivity index (χ2n) is 8.57. The van der Waals surface area contributed by atoms with Crippen molar-refractivity contribution in [1.29, 1.82) is 0 Å². The van der Waals surface area contributed by atoms with E-state index in [1.807, 2.05) is 42.5 Å². The summed E-state index contributed by atoms with van der Waals surface area (Å²) in [5.41, 5.74) is 8.66. The van der Waals surface area contributed by atoms with Crippen molar-refractivity contribution in [3.63, 3.8) is 0 Å². The van der Waals surface area contributed by atoms with Gasteiger partial charge in [0.15, 0.2) is 0 Å². The Balaban J connectivity index is 1.52. The third-order valence-corrected chi connectivity index (χ3v) is 6.99. The minimum absolute atomic E-state index is 0.279. The largest absolute Gasteiger partial charge is 0.494 e. The van der Waals surface area contributed by atoms with E-state index < -0.39 is 10.1 Å². The van der Waals surface area contributed by atoms with Gasteiger partial charge in [-0.15, -0.1) is 15.3 Å². The summed E-state index contributed by atoms with van der Waals surface area (Å²) in [5.74, 6) is 0.358. The number of benzene rings is 5. The van der Waals surface area contributed by atoms with Crippen molar-refractivity contribution in [2.24, 2.45) is 20.5 Å². The first-order valence-electron chi connectivity index (χ1n) is 11.7. The Labute approximate surface area is 223 Å². The summed E-state index contributed by atoms with van der Waals surface area (Å²) in [6.45, 7) is -0.320. The minimum atomic E-state index is -4.40. The van der Waals surface area contributed by atoms with Crippen LogP contribution in [0.3, 0.4) is 0 Å². The number of anilines is 1. The van der Waals surface area contributed by atoms with Gasteiger partial charge in [-0.3, -0.25) is 4.55 Å². The number of hydrogen-bond donors (Lipinski definition) is 3. The zero-order chi connectivity index (χ0) is 27.6. The molecule has 0 bridgehead atoms. The van der Waals surface area contributed by atoms with Gasteiger partial charge >= 0.3 is 0 Å². The van der Waals surface area contributed by atoms with Gasteiger partial charge in [0.05, 0.1) is 35.7 Å². The molecule has 11 heteroatoms. The van der Waals surface area contributed by atoms with Crippen molar-refractivity contribution < 1.29 is 22.8 Å². The predicted molar refractivity (Wildman–Crippen MR) is 149 cm³/mol. The Hall–Kier alpha value is -4.71. The summed E-state index contributed by atoms with van der Waals surface area (Å²) < 4.78 is 38.0. The smallest absolute Gasteiger partial charge is 0.294 e. The lowest BCUT2D eigenvalue weighted by Gasteiger charge is -2.09. The van der Waals surface area contributed by atoms with Crippen LogP contribution < -0.4 is 10.5 Å². The molecule has 4 N–H and O–H groups in total. The molecule has 0 saturated heterocycles.